The first-order chi connectivity index (χ1) is 13.2. The van der Waals surface area contributed by atoms with E-state index in [1.165, 1.54) is 6.42 Å². The summed E-state index contributed by atoms with van der Waals surface area (Å²) in [5, 5.41) is 0.864. The van der Waals surface area contributed by atoms with Crippen molar-refractivity contribution < 1.29 is 9.21 Å². The fourth-order valence-electron chi connectivity index (χ4n) is 3.54. The van der Waals surface area contributed by atoms with Gasteiger partial charge in [0.05, 0.1) is 16.8 Å². The lowest BCUT2D eigenvalue weighted by atomic mass is 10.3. The van der Waals surface area contributed by atoms with Crippen LogP contribution in [0.4, 0.5) is 0 Å². The highest BCUT2D eigenvalue weighted by atomic mass is 32.1. The third-order valence-electron chi connectivity index (χ3n) is 5.43. The standard InChI is InChI=1S/C22H22N2O2S/c1-14-12-17(14)19-9-8-16(26-19)13-24(15-6-7-15)22(25)11-10-21-23-18-4-2-3-5-20(18)27-21/h2-5,8-11,14-15,17H,6-7,12-13H2,1H3/b11-10+. The summed E-state index contributed by atoms with van der Waals surface area (Å²) in [6, 6.07) is 12.5. The van der Waals surface area contributed by atoms with E-state index in [1.54, 1.807) is 17.4 Å². The Morgan fingerprint density at radius 3 is 2.85 bits per heavy atom. The third-order valence-corrected chi connectivity index (χ3v) is 6.43. The maximum Gasteiger partial charge on any atom is 0.247 e. The predicted octanol–water partition coefficient (Wildman–Crippen LogP) is 5.22. The number of rotatable bonds is 6. The van der Waals surface area contributed by atoms with E-state index in [2.05, 4.69) is 24.0 Å². The highest BCUT2D eigenvalue weighted by Crippen LogP contribution is 2.47. The van der Waals surface area contributed by atoms with Crippen LogP contribution in [0.1, 0.15) is 48.6 Å². The Balaban J connectivity index is 1.29. The normalized spacial score (nSPS) is 21.8. The summed E-state index contributed by atoms with van der Waals surface area (Å²) >= 11 is 1.61. The van der Waals surface area contributed by atoms with Gasteiger partial charge in [-0.2, -0.15) is 0 Å². The summed E-state index contributed by atoms with van der Waals surface area (Å²) in [4.78, 5) is 19.3. The van der Waals surface area contributed by atoms with Crippen molar-refractivity contribution in [1.29, 1.82) is 0 Å². The second kappa shape index (κ2) is 6.64. The van der Waals surface area contributed by atoms with Gasteiger partial charge in [0, 0.05) is 18.0 Å². The molecule has 0 N–H and O–H groups in total. The highest BCUT2D eigenvalue weighted by Gasteiger charge is 2.37. The zero-order valence-electron chi connectivity index (χ0n) is 15.3. The molecule has 0 spiro atoms. The number of hydrogen-bond acceptors (Lipinski definition) is 4. The van der Waals surface area contributed by atoms with Gasteiger partial charge in [0.2, 0.25) is 5.91 Å². The van der Waals surface area contributed by atoms with Crippen molar-refractivity contribution in [2.24, 2.45) is 5.92 Å². The van der Waals surface area contributed by atoms with Gasteiger partial charge in [-0.15, -0.1) is 11.3 Å². The van der Waals surface area contributed by atoms with Crippen LogP contribution in [-0.4, -0.2) is 21.8 Å². The Hall–Kier alpha value is -2.40. The maximum absolute atomic E-state index is 12.8. The lowest BCUT2D eigenvalue weighted by molar-refractivity contribution is -0.127. The van der Waals surface area contributed by atoms with Crippen molar-refractivity contribution >= 4 is 33.5 Å². The Morgan fingerprint density at radius 2 is 2.11 bits per heavy atom. The predicted molar refractivity (Wildman–Crippen MR) is 107 cm³/mol. The number of fused-ring (bicyclic) bond motifs is 1. The smallest absolute Gasteiger partial charge is 0.247 e. The Morgan fingerprint density at radius 1 is 1.30 bits per heavy atom. The number of carbonyl (C=O) groups is 1. The van der Waals surface area contributed by atoms with Crippen molar-refractivity contribution in [1.82, 2.24) is 9.88 Å². The quantitative estimate of drug-likeness (QED) is 0.553. The van der Waals surface area contributed by atoms with Crippen LogP contribution in [0.2, 0.25) is 0 Å². The van der Waals surface area contributed by atoms with Crippen LogP contribution in [0.5, 0.6) is 0 Å². The monoisotopic (exact) mass is 378 g/mol. The van der Waals surface area contributed by atoms with E-state index >= 15 is 0 Å². The van der Waals surface area contributed by atoms with Crippen molar-refractivity contribution in [3.63, 3.8) is 0 Å². The first-order valence-corrected chi connectivity index (χ1v) is 10.4. The number of furan rings is 1. The van der Waals surface area contributed by atoms with Gasteiger partial charge in [0.25, 0.3) is 0 Å². The molecule has 0 radical (unpaired) electrons. The Bertz CT molecular complexity index is 981. The molecule has 138 valence electrons. The van der Waals surface area contributed by atoms with Crippen LogP contribution in [0.15, 0.2) is 46.9 Å². The summed E-state index contributed by atoms with van der Waals surface area (Å²) in [5.41, 5.74) is 0.978. The van der Waals surface area contributed by atoms with Gasteiger partial charge in [-0.25, -0.2) is 4.98 Å². The van der Waals surface area contributed by atoms with Crippen LogP contribution >= 0.6 is 11.3 Å². The van der Waals surface area contributed by atoms with Gasteiger partial charge in [-0.1, -0.05) is 19.1 Å². The molecule has 2 aromatic heterocycles. The molecule has 0 aliphatic heterocycles. The van der Waals surface area contributed by atoms with Gasteiger partial charge in [0.15, 0.2) is 0 Å². The van der Waals surface area contributed by atoms with E-state index in [9.17, 15) is 4.79 Å². The second-order valence-corrected chi connectivity index (χ2v) is 8.74. The molecule has 2 aliphatic rings. The molecule has 0 bridgehead atoms. The number of thiazole rings is 1. The largest absolute Gasteiger partial charge is 0.464 e. The van der Waals surface area contributed by atoms with E-state index < -0.39 is 0 Å². The number of benzene rings is 1. The van der Waals surface area contributed by atoms with Crippen LogP contribution in [0.3, 0.4) is 0 Å². The van der Waals surface area contributed by atoms with E-state index in [1.807, 2.05) is 35.2 Å². The van der Waals surface area contributed by atoms with Crippen LogP contribution in [0, 0.1) is 5.92 Å². The fraction of sp³-hybridized carbons (Fsp3) is 0.364. The molecule has 2 fully saturated rings. The minimum atomic E-state index is 0.0366. The van der Waals surface area contributed by atoms with Crippen LogP contribution in [0.25, 0.3) is 16.3 Å². The molecule has 2 aliphatic carbocycles. The zero-order chi connectivity index (χ0) is 18.4. The molecule has 3 aromatic rings. The first kappa shape index (κ1) is 16.8. The summed E-state index contributed by atoms with van der Waals surface area (Å²) in [6.45, 7) is 2.80. The molecule has 2 unspecified atom stereocenters. The molecular formula is C22H22N2O2S. The van der Waals surface area contributed by atoms with Gasteiger partial charge in [0.1, 0.15) is 16.5 Å². The lowest BCUT2D eigenvalue weighted by Gasteiger charge is -2.19. The van der Waals surface area contributed by atoms with Crippen LogP contribution < -0.4 is 0 Å². The van der Waals surface area contributed by atoms with E-state index in [-0.39, 0.29) is 5.91 Å². The fourth-order valence-corrected chi connectivity index (χ4v) is 4.41. The average molecular weight is 378 g/mol. The Kier molecular flexibility index (Phi) is 4.12. The first-order valence-electron chi connectivity index (χ1n) is 9.60. The number of aromatic nitrogens is 1. The molecule has 0 saturated heterocycles. The molecule has 1 amide bonds. The summed E-state index contributed by atoms with van der Waals surface area (Å²) < 4.78 is 7.15. The van der Waals surface area contributed by atoms with Gasteiger partial charge < -0.3 is 9.32 Å². The topological polar surface area (TPSA) is 46.3 Å². The molecule has 4 nitrogen and oxygen atoms in total. The molecule has 1 aromatic carbocycles. The summed E-state index contributed by atoms with van der Waals surface area (Å²) in [5.74, 6) is 3.29. The average Bonchev–Trinajstić information content (AvgIpc) is 3.55. The van der Waals surface area contributed by atoms with Crippen LogP contribution in [-0.2, 0) is 11.3 Å². The molecule has 5 rings (SSSR count). The number of hydrogen-bond donors (Lipinski definition) is 0. The lowest BCUT2D eigenvalue weighted by Crippen LogP contribution is -2.30. The number of amides is 1. The molecule has 2 saturated carbocycles. The van der Waals surface area contributed by atoms with Crippen molar-refractivity contribution in [3.8, 4) is 0 Å². The third kappa shape index (κ3) is 3.56. The highest BCUT2D eigenvalue weighted by molar-refractivity contribution is 7.19. The number of nitrogens with zero attached hydrogens (tertiary/aromatic N) is 2. The maximum atomic E-state index is 12.8. The molecule has 27 heavy (non-hydrogen) atoms. The summed E-state index contributed by atoms with van der Waals surface area (Å²) in [7, 11) is 0. The molecular weight excluding hydrogens is 356 g/mol. The molecule has 2 heterocycles. The van der Waals surface area contributed by atoms with Gasteiger partial charge >= 0.3 is 0 Å². The van der Waals surface area contributed by atoms with Gasteiger partial charge in [-0.3, -0.25) is 4.79 Å². The SMILES string of the molecule is CC1CC1c1ccc(CN(C(=O)/C=C/c2nc3ccccc3s2)C2CC2)o1. The second-order valence-electron chi connectivity index (χ2n) is 7.67. The van der Waals surface area contributed by atoms with Crippen molar-refractivity contribution in [3.05, 3.63) is 59.0 Å². The van der Waals surface area contributed by atoms with E-state index in [0.29, 0.717) is 18.5 Å². The number of carbonyl (C=O) groups excluding carboxylic acids is 1. The Labute approximate surface area is 162 Å². The summed E-state index contributed by atoms with van der Waals surface area (Å²) in [6.07, 6.45) is 6.86. The molecule has 2 atom stereocenters. The van der Waals surface area contributed by atoms with E-state index in [4.69, 9.17) is 4.42 Å². The minimum absolute atomic E-state index is 0.0366. The van der Waals surface area contributed by atoms with E-state index in [0.717, 1.165) is 45.5 Å². The molecule has 5 heteroatoms. The minimum Gasteiger partial charge on any atom is -0.464 e. The van der Waals surface area contributed by atoms with Gasteiger partial charge in [-0.05, 0) is 55.5 Å². The zero-order valence-corrected chi connectivity index (χ0v) is 16.1. The number of para-hydroxylation sites is 1. The van der Waals surface area contributed by atoms with Crippen molar-refractivity contribution in [2.45, 2.75) is 44.7 Å². The van der Waals surface area contributed by atoms with Crippen molar-refractivity contribution in [2.75, 3.05) is 0 Å².